The van der Waals surface area contributed by atoms with Gasteiger partial charge >= 0.3 is 0 Å². The Morgan fingerprint density at radius 1 is 1.25 bits per heavy atom. The van der Waals surface area contributed by atoms with Gasteiger partial charge in [-0.15, -0.1) is 0 Å². The van der Waals surface area contributed by atoms with Crippen LogP contribution in [0.5, 0.6) is 0 Å². The van der Waals surface area contributed by atoms with E-state index in [0.717, 1.165) is 0 Å². The minimum atomic E-state index is -1.15. The first-order chi connectivity index (χ1) is 5.63. The van der Waals surface area contributed by atoms with Crippen LogP contribution in [-0.2, 0) is 0 Å². The normalized spacial score (nSPS) is 15.7. The molecule has 0 saturated heterocycles. The van der Waals surface area contributed by atoms with Gasteiger partial charge in [0.2, 0.25) is 0 Å². The van der Waals surface area contributed by atoms with Crippen LogP contribution in [0.2, 0.25) is 0 Å². The van der Waals surface area contributed by atoms with Crippen LogP contribution in [-0.4, -0.2) is 16.3 Å². The Labute approximate surface area is 70.3 Å². The molecule has 0 bridgehead atoms. The van der Waals surface area contributed by atoms with E-state index in [-0.39, 0.29) is 5.56 Å². The third-order valence-corrected chi connectivity index (χ3v) is 1.68. The molecule has 2 atom stereocenters. The Bertz CT molecular complexity index is 260. The molecule has 0 amide bonds. The van der Waals surface area contributed by atoms with Crippen LogP contribution in [0.25, 0.3) is 0 Å². The van der Waals surface area contributed by atoms with E-state index in [2.05, 4.69) is 0 Å². The van der Waals surface area contributed by atoms with E-state index in [9.17, 15) is 9.50 Å². The van der Waals surface area contributed by atoms with Crippen molar-refractivity contribution in [3.63, 3.8) is 0 Å². The molecule has 0 fully saturated rings. The van der Waals surface area contributed by atoms with E-state index in [1.807, 2.05) is 0 Å². The zero-order chi connectivity index (χ0) is 9.14. The second-order valence-corrected chi connectivity index (χ2v) is 2.71. The second-order valence-electron chi connectivity index (χ2n) is 2.71. The summed E-state index contributed by atoms with van der Waals surface area (Å²) in [5.74, 6) is -0.495. The Balaban J connectivity index is 2.94. The molecule has 0 saturated carbocycles. The van der Waals surface area contributed by atoms with Gasteiger partial charge in [0, 0.05) is 5.56 Å². The molecule has 66 valence electrons. The third-order valence-electron chi connectivity index (χ3n) is 1.68. The lowest BCUT2D eigenvalue weighted by Crippen LogP contribution is -2.14. The van der Waals surface area contributed by atoms with Crippen molar-refractivity contribution in [1.29, 1.82) is 0 Å². The number of benzene rings is 1. The van der Waals surface area contributed by atoms with Crippen molar-refractivity contribution < 1.29 is 14.6 Å². The maximum Gasteiger partial charge on any atom is 0.129 e. The maximum atomic E-state index is 12.9. The molecule has 0 heterocycles. The average Bonchev–Trinajstić information content (AvgIpc) is 2.04. The van der Waals surface area contributed by atoms with Crippen molar-refractivity contribution in [3.8, 4) is 0 Å². The molecule has 0 aliphatic carbocycles. The van der Waals surface area contributed by atoms with Gasteiger partial charge in [0.05, 0.1) is 6.10 Å². The van der Waals surface area contributed by atoms with E-state index in [1.165, 1.54) is 25.1 Å². The zero-order valence-corrected chi connectivity index (χ0v) is 6.74. The molecule has 1 rings (SSSR count). The van der Waals surface area contributed by atoms with Gasteiger partial charge in [0.15, 0.2) is 0 Å². The van der Waals surface area contributed by atoms with Gasteiger partial charge < -0.3 is 10.2 Å². The zero-order valence-electron chi connectivity index (χ0n) is 6.74. The topological polar surface area (TPSA) is 40.5 Å². The Kier molecular flexibility index (Phi) is 2.78. The highest BCUT2D eigenvalue weighted by atomic mass is 19.1. The molecule has 0 aliphatic rings. The smallest absolute Gasteiger partial charge is 0.129 e. The van der Waals surface area contributed by atoms with Crippen LogP contribution in [0.3, 0.4) is 0 Å². The number of aliphatic hydroxyl groups is 2. The van der Waals surface area contributed by atoms with Crippen molar-refractivity contribution in [1.82, 2.24) is 0 Å². The predicted molar refractivity (Wildman–Crippen MR) is 43.0 cm³/mol. The standard InChI is InChI=1S/C9H11FO2/c1-6(11)9(12)7-4-2-3-5-8(7)10/h2-6,9,11-12H,1H3/t6?,9-/m1/s1. The van der Waals surface area contributed by atoms with Crippen molar-refractivity contribution >= 4 is 0 Å². The Morgan fingerprint density at radius 3 is 2.33 bits per heavy atom. The summed E-state index contributed by atoms with van der Waals surface area (Å²) in [6, 6.07) is 5.85. The summed E-state index contributed by atoms with van der Waals surface area (Å²) in [7, 11) is 0. The average molecular weight is 170 g/mol. The Morgan fingerprint density at radius 2 is 1.83 bits per heavy atom. The fraction of sp³-hybridized carbons (Fsp3) is 0.333. The van der Waals surface area contributed by atoms with E-state index in [0.29, 0.717) is 0 Å². The molecule has 0 radical (unpaired) electrons. The lowest BCUT2D eigenvalue weighted by Gasteiger charge is -2.13. The highest BCUT2D eigenvalue weighted by Gasteiger charge is 2.16. The molecule has 0 aliphatic heterocycles. The second kappa shape index (κ2) is 3.65. The van der Waals surface area contributed by atoms with Gasteiger partial charge in [-0.2, -0.15) is 0 Å². The molecule has 1 unspecified atom stereocenters. The quantitative estimate of drug-likeness (QED) is 0.701. The SMILES string of the molecule is CC(O)[C@@H](O)c1ccccc1F. The van der Waals surface area contributed by atoms with Crippen LogP contribution in [0.1, 0.15) is 18.6 Å². The molecule has 2 N–H and O–H groups in total. The van der Waals surface area contributed by atoms with Crippen LogP contribution >= 0.6 is 0 Å². The molecule has 0 spiro atoms. The van der Waals surface area contributed by atoms with Gasteiger partial charge in [-0.1, -0.05) is 18.2 Å². The molecule has 0 aromatic heterocycles. The molecule has 1 aromatic rings. The van der Waals surface area contributed by atoms with Crippen LogP contribution in [0.4, 0.5) is 4.39 Å². The summed E-state index contributed by atoms with van der Waals surface area (Å²) in [6.07, 6.45) is -2.10. The van der Waals surface area contributed by atoms with E-state index < -0.39 is 18.0 Å². The van der Waals surface area contributed by atoms with Crippen LogP contribution in [0, 0.1) is 5.82 Å². The minimum absolute atomic E-state index is 0.132. The van der Waals surface area contributed by atoms with Gasteiger partial charge in [0.1, 0.15) is 11.9 Å². The van der Waals surface area contributed by atoms with Crippen molar-refractivity contribution in [3.05, 3.63) is 35.6 Å². The van der Waals surface area contributed by atoms with Gasteiger partial charge in [0.25, 0.3) is 0 Å². The van der Waals surface area contributed by atoms with Crippen LogP contribution < -0.4 is 0 Å². The number of hydrogen-bond donors (Lipinski definition) is 2. The van der Waals surface area contributed by atoms with E-state index in [4.69, 9.17) is 5.11 Å². The minimum Gasteiger partial charge on any atom is -0.390 e. The number of aliphatic hydroxyl groups excluding tert-OH is 2. The number of rotatable bonds is 2. The summed E-state index contributed by atoms with van der Waals surface area (Å²) in [5, 5.41) is 18.3. The summed E-state index contributed by atoms with van der Waals surface area (Å²) in [4.78, 5) is 0. The lowest BCUT2D eigenvalue weighted by molar-refractivity contribution is 0.0283. The van der Waals surface area contributed by atoms with Crippen molar-refractivity contribution in [2.24, 2.45) is 0 Å². The van der Waals surface area contributed by atoms with E-state index in [1.54, 1.807) is 6.07 Å². The van der Waals surface area contributed by atoms with Gasteiger partial charge in [-0.05, 0) is 13.0 Å². The fourth-order valence-electron chi connectivity index (χ4n) is 0.975. The first-order valence-corrected chi connectivity index (χ1v) is 3.73. The first-order valence-electron chi connectivity index (χ1n) is 3.73. The van der Waals surface area contributed by atoms with E-state index >= 15 is 0 Å². The molecular weight excluding hydrogens is 159 g/mol. The monoisotopic (exact) mass is 170 g/mol. The molecular formula is C9H11FO2. The molecule has 3 heteroatoms. The highest BCUT2D eigenvalue weighted by molar-refractivity contribution is 5.20. The van der Waals surface area contributed by atoms with Crippen LogP contribution in [0.15, 0.2) is 24.3 Å². The van der Waals surface area contributed by atoms with Crippen molar-refractivity contribution in [2.75, 3.05) is 0 Å². The predicted octanol–water partition coefficient (Wildman–Crippen LogP) is 1.24. The maximum absolute atomic E-state index is 12.9. The largest absolute Gasteiger partial charge is 0.390 e. The Hall–Kier alpha value is -0.930. The molecule has 2 nitrogen and oxygen atoms in total. The molecule has 12 heavy (non-hydrogen) atoms. The summed E-state index contributed by atoms with van der Waals surface area (Å²) in [6.45, 7) is 1.41. The molecule has 1 aromatic carbocycles. The lowest BCUT2D eigenvalue weighted by atomic mass is 10.1. The fourth-order valence-corrected chi connectivity index (χ4v) is 0.975. The number of halogens is 1. The summed E-state index contributed by atoms with van der Waals surface area (Å²) < 4.78 is 12.9. The highest BCUT2D eigenvalue weighted by Crippen LogP contribution is 2.19. The van der Waals surface area contributed by atoms with Gasteiger partial charge in [-0.25, -0.2) is 4.39 Å². The number of hydrogen-bond acceptors (Lipinski definition) is 2. The summed E-state index contributed by atoms with van der Waals surface area (Å²) in [5.41, 5.74) is 0.132. The first kappa shape index (κ1) is 9.16. The summed E-state index contributed by atoms with van der Waals surface area (Å²) >= 11 is 0. The third kappa shape index (κ3) is 1.81. The van der Waals surface area contributed by atoms with Crippen molar-refractivity contribution in [2.45, 2.75) is 19.1 Å². The van der Waals surface area contributed by atoms with Gasteiger partial charge in [-0.3, -0.25) is 0 Å².